The molecule has 0 atom stereocenters. The van der Waals surface area contributed by atoms with Gasteiger partial charge in [-0.2, -0.15) is 5.10 Å². The molecular formula is C22H17N3O2. The fourth-order valence-corrected chi connectivity index (χ4v) is 3.16. The van der Waals surface area contributed by atoms with Gasteiger partial charge in [0.05, 0.1) is 29.7 Å². The number of carbonyl (C=O) groups is 1. The normalized spacial score (nSPS) is 10.7. The van der Waals surface area contributed by atoms with Gasteiger partial charge in [0, 0.05) is 22.9 Å². The molecule has 0 bridgehead atoms. The summed E-state index contributed by atoms with van der Waals surface area (Å²) in [4.78, 5) is 15.8. The zero-order valence-corrected chi connectivity index (χ0v) is 14.5. The van der Waals surface area contributed by atoms with Crippen molar-refractivity contribution in [2.45, 2.75) is 6.42 Å². The third-order valence-electron chi connectivity index (χ3n) is 4.30. The number of rotatable bonds is 5. The Kier molecular flexibility index (Phi) is 4.49. The molecule has 1 N–H and O–H groups in total. The number of hydrogen-bond donors (Lipinski definition) is 1. The average molecular weight is 355 g/mol. The Morgan fingerprint density at radius 1 is 0.889 bits per heavy atom. The monoisotopic (exact) mass is 355 g/mol. The highest BCUT2D eigenvalue weighted by molar-refractivity contribution is 5.82. The summed E-state index contributed by atoms with van der Waals surface area (Å²) in [5, 5.41) is 14.3. The molecule has 0 saturated carbocycles. The number of carboxylic acids is 1. The van der Waals surface area contributed by atoms with Crippen LogP contribution in [-0.2, 0) is 11.2 Å². The first kappa shape index (κ1) is 16.7. The van der Waals surface area contributed by atoms with Crippen LogP contribution < -0.4 is 0 Å². The van der Waals surface area contributed by atoms with Gasteiger partial charge >= 0.3 is 5.97 Å². The lowest BCUT2D eigenvalue weighted by Crippen LogP contribution is -2.04. The van der Waals surface area contributed by atoms with Gasteiger partial charge in [-0.25, -0.2) is 4.68 Å². The smallest absolute Gasteiger partial charge is 0.307 e. The van der Waals surface area contributed by atoms with Gasteiger partial charge in [0.1, 0.15) is 0 Å². The lowest BCUT2D eigenvalue weighted by molar-refractivity contribution is -0.136. The van der Waals surface area contributed by atoms with E-state index in [1.807, 2.05) is 72.8 Å². The first-order valence-electron chi connectivity index (χ1n) is 8.59. The van der Waals surface area contributed by atoms with Crippen LogP contribution in [0.1, 0.15) is 5.56 Å². The van der Waals surface area contributed by atoms with E-state index in [9.17, 15) is 9.90 Å². The molecule has 0 aliphatic heterocycles. The van der Waals surface area contributed by atoms with Gasteiger partial charge in [0.2, 0.25) is 0 Å². The van der Waals surface area contributed by atoms with Crippen LogP contribution in [0.15, 0.2) is 85.2 Å². The molecule has 5 nitrogen and oxygen atoms in total. The van der Waals surface area contributed by atoms with Crippen LogP contribution in [0.2, 0.25) is 0 Å². The van der Waals surface area contributed by atoms with Crippen LogP contribution in [0.3, 0.4) is 0 Å². The molecule has 27 heavy (non-hydrogen) atoms. The van der Waals surface area contributed by atoms with Crippen molar-refractivity contribution < 1.29 is 9.90 Å². The Labute approximate surface area is 156 Å². The largest absolute Gasteiger partial charge is 0.481 e. The number of aromatic nitrogens is 3. The second-order valence-corrected chi connectivity index (χ2v) is 6.10. The first-order valence-corrected chi connectivity index (χ1v) is 8.59. The minimum atomic E-state index is -0.893. The fourth-order valence-electron chi connectivity index (χ4n) is 3.16. The van der Waals surface area contributed by atoms with E-state index in [2.05, 4.69) is 4.98 Å². The van der Waals surface area contributed by atoms with Crippen molar-refractivity contribution in [1.29, 1.82) is 0 Å². The third-order valence-corrected chi connectivity index (χ3v) is 4.30. The Morgan fingerprint density at radius 3 is 2.15 bits per heavy atom. The Morgan fingerprint density at radius 2 is 1.56 bits per heavy atom. The predicted molar refractivity (Wildman–Crippen MR) is 104 cm³/mol. The molecule has 0 unspecified atom stereocenters. The van der Waals surface area contributed by atoms with Crippen LogP contribution >= 0.6 is 0 Å². The van der Waals surface area contributed by atoms with Gasteiger partial charge in [0.25, 0.3) is 0 Å². The van der Waals surface area contributed by atoms with E-state index < -0.39 is 5.97 Å². The molecule has 0 radical (unpaired) electrons. The van der Waals surface area contributed by atoms with Crippen LogP contribution in [-0.4, -0.2) is 25.8 Å². The lowest BCUT2D eigenvalue weighted by atomic mass is 9.99. The van der Waals surface area contributed by atoms with Crippen molar-refractivity contribution in [2.24, 2.45) is 0 Å². The Balaban J connectivity index is 2.04. The maximum atomic E-state index is 11.6. The molecule has 4 aromatic rings. The molecule has 132 valence electrons. The van der Waals surface area contributed by atoms with Crippen LogP contribution in [0.4, 0.5) is 0 Å². The van der Waals surface area contributed by atoms with E-state index in [-0.39, 0.29) is 6.42 Å². The van der Waals surface area contributed by atoms with Gasteiger partial charge in [-0.1, -0.05) is 60.7 Å². The average Bonchev–Trinajstić information content (AvgIpc) is 3.08. The summed E-state index contributed by atoms with van der Waals surface area (Å²) in [6, 6.07) is 23.1. The van der Waals surface area contributed by atoms with Crippen molar-refractivity contribution >= 4 is 5.97 Å². The summed E-state index contributed by atoms with van der Waals surface area (Å²) in [5.74, 6) is -0.893. The van der Waals surface area contributed by atoms with Gasteiger partial charge in [0.15, 0.2) is 0 Å². The molecule has 0 aliphatic carbocycles. The molecule has 2 heterocycles. The molecule has 2 aromatic heterocycles. The molecule has 0 fully saturated rings. The van der Waals surface area contributed by atoms with Crippen molar-refractivity contribution in [1.82, 2.24) is 14.8 Å². The summed E-state index contributed by atoms with van der Waals surface area (Å²) in [7, 11) is 0. The van der Waals surface area contributed by atoms with Gasteiger partial charge < -0.3 is 5.11 Å². The topological polar surface area (TPSA) is 68.0 Å². The van der Waals surface area contributed by atoms with Gasteiger partial charge in [-0.3, -0.25) is 9.78 Å². The molecule has 0 spiro atoms. The van der Waals surface area contributed by atoms with Gasteiger partial charge in [-0.15, -0.1) is 0 Å². The van der Waals surface area contributed by atoms with E-state index in [4.69, 9.17) is 5.10 Å². The maximum Gasteiger partial charge on any atom is 0.307 e. The van der Waals surface area contributed by atoms with Gasteiger partial charge in [-0.05, 0) is 12.1 Å². The van der Waals surface area contributed by atoms with E-state index in [0.29, 0.717) is 11.3 Å². The molecule has 4 rings (SSSR count). The van der Waals surface area contributed by atoms with E-state index in [0.717, 1.165) is 22.5 Å². The summed E-state index contributed by atoms with van der Waals surface area (Å²) in [6.45, 7) is 0. The fraction of sp³-hybridized carbons (Fsp3) is 0.0455. The van der Waals surface area contributed by atoms with E-state index in [1.54, 1.807) is 17.1 Å². The highest BCUT2D eigenvalue weighted by Gasteiger charge is 2.23. The molecule has 0 aliphatic rings. The highest BCUT2D eigenvalue weighted by Crippen LogP contribution is 2.34. The second-order valence-electron chi connectivity index (χ2n) is 6.10. The summed E-state index contributed by atoms with van der Waals surface area (Å²) >= 11 is 0. The number of pyridine rings is 1. The molecule has 0 saturated heterocycles. The maximum absolute atomic E-state index is 11.6. The van der Waals surface area contributed by atoms with Crippen LogP contribution in [0.5, 0.6) is 0 Å². The van der Waals surface area contributed by atoms with Crippen molar-refractivity contribution in [3.63, 3.8) is 0 Å². The summed E-state index contributed by atoms with van der Waals surface area (Å²) < 4.78 is 1.78. The summed E-state index contributed by atoms with van der Waals surface area (Å²) in [6.07, 6.45) is 3.30. The Bertz CT molecular complexity index is 1060. The zero-order chi connectivity index (χ0) is 18.6. The molecular weight excluding hydrogens is 338 g/mol. The molecule has 0 amide bonds. The third kappa shape index (κ3) is 3.35. The van der Waals surface area contributed by atoms with Crippen molar-refractivity contribution in [2.75, 3.05) is 0 Å². The zero-order valence-electron chi connectivity index (χ0n) is 14.5. The van der Waals surface area contributed by atoms with E-state index >= 15 is 0 Å². The van der Waals surface area contributed by atoms with E-state index in [1.165, 1.54) is 0 Å². The number of nitrogens with zero attached hydrogens (tertiary/aromatic N) is 3. The van der Waals surface area contributed by atoms with Crippen LogP contribution in [0.25, 0.3) is 28.2 Å². The molecule has 2 aromatic carbocycles. The number of aliphatic carboxylic acids is 1. The van der Waals surface area contributed by atoms with Crippen molar-refractivity contribution in [3.05, 3.63) is 90.8 Å². The Hall–Kier alpha value is -3.73. The standard InChI is InChI=1S/C22H17N3O2/c26-20(27)14-19-21(16-8-3-1-4-9-16)24-25(18-12-7-13-23-15-18)22(19)17-10-5-2-6-11-17/h1-13,15H,14H2,(H,26,27). The van der Waals surface area contributed by atoms with Crippen LogP contribution in [0, 0.1) is 0 Å². The number of benzene rings is 2. The first-order chi connectivity index (χ1) is 13.2. The minimum absolute atomic E-state index is 0.116. The number of carboxylic acid groups (broad SMARTS) is 1. The summed E-state index contributed by atoms with van der Waals surface area (Å²) in [5.41, 5.74) is 4.69. The predicted octanol–water partition coefficient (Wildman–Crippen LogP) is 4.23. The highest BCUT2D eigenvalue weighted by atomic mass is 16.4. The second kappa shape index (κ2) is 7.25. The lowest BCUT2D eigenvalue weighted by Gasteiger charge is -2.09. The molecule has 5 heteroatoms. The number of hydrogen-bond acceptors (Lipinski definition) is 3. The SMILES string of the molecule is O=C(O)Cc1c(-c2ccccc2)nn(-c2cccnc2)c1-c1ccccc1. The quantitative estimate of drug-likeness (QED) is 0.582. The van der Waals surface area contributed by atoms with Crippen molar-refractivity contribution in [3.8, 4) is 28.2 Å². The minimum Gasteiger partial charge on any atom is -0.481 e.